The van der Waals surface area contributed by atoms with Crippen LogP contribution in [-0.2, 0) is 9.53 Å². The summed E-state index contributed by atoms with van der Waals surface area (Å²) < 4.78 is 37.2. The minimum Gasteiger partial charge on any atom is -0.506 e. The van der Waals surface area contributed by atoms with Gasteiger partial charge >= 0.3 is 5.97 Å². The SMILES string of the molecule is COC(=O)/C(=C(\O)c1c(OC)cc(OC)cc1OC)c1c(OC)cc(OC)cc1OC. The van der Waals surface area contributed by atoms with Gasteiger partial charge in [-0.05, 0) is 0 Å². The first-order chi connectivity index (χ1) is 14.9. The highest BCUT2D eigenvalue weighted by molar-refractivity contribution is 6.25. The van der Waals surface area contributed by atoms with E-state index in [0.29, 0.717) is 11.5 Å². The summed E-state index contributed by atoms with van der Waals surface area (Å²) in [6.45, 7) is 0. The zero-order valence-corrected chi connectivity index (χ0v) is 18.5. The van der Waals surface area contributed by atoms with Crippen molar-refractivity contribution in [3.63, 3.8) is 0 Å². The maximum absolute atomic E-state index is 12.9. The van der Waals surface area contributed by atoms with Crippen molar-refractivity contribution in [2.24, 2.45) is 0 Å². The Kier molecular flexibility index (Phi) is 7.84. The van der Waals surface area contributed by atoms with Crippen molar-refractivity contribution in [2.75, 3.05) is 49.8 Å². The molecule has 0 aliphatic rings. The number of methoxy groups -OCH3 is 7. The zero-order chi connectivity index (χ0) is 23.1. The van der Waals surface area contributed by atoms with Crippen molar-refractivity contribution in [1.82, 2.24) is 0 Å². The molecule has 0 spiro atoms. The molecule has 0 heterocycles. The number of hydrogen-bond acceptors (Lipinski definition) is 9. The fourth-order valence-corrected chi connectivity index (χ4v) is 3.04. The Bertz CT molecular complexity index is 929. The molecule has 0 atom stereocenters. The molecule has 0 aromatic heterocycles. The van der Waals surface area contributed by atoms with Gasteiger partial charge < -0.3 is 38.3 Å². The van der Waals surface area contributed by atoms with Gasteiger partial charge in [-0.25, -0.2) is 4.79 Å². The number of rotatable bonds is 9. The maximum Gasteiger partial charge on any atom is 0.342 e. The summed E-state index contributed by atoms with van der Waals surface area (Å²) in [4.78, 5) is 12.9. The van der Waals surface area contributed by atoms with Crippen molar-refractivity contribution in [3.8, 4) is 34.5 Å². The first-order valence-corrected chi connectivity index (χ1v) is 9.02. The van der Waals surface area contributed by atoms with E-state index in [1.165, 1.54) is 49.8 Å². The third-order valence-corrected chi connectivity index (χ3v) is 4.54. The number of aliphatic hydroxyl groups excluding tert-OH is 1. The van der Waals surface area contributed by atoms with Crippen LogP contribution in [0.4, 0.5) is 0 Å². The van der Waals surface area contributed by atoms with E-state index >= 15 is 0 Å². The van der Waals surface area contributed by atoms with Crippen LogP contribution in [0.25, 0.3) is 11.3 Å². The summed E-state index contributed by atoms with van der Waals surface area (Å²) in [5.41, 5.74) is 0.0572. The van der Waals surface area contributed by atoms with Gasteiger partial charge in [-0.3, -0.25) is 0 Å². The van der Waals surface area contributed by atoms with E-state index < -0.39 is 11.7 Å². The van der Waals surface area contributed by atoms with Gasteiger partial charge in [0, 0.05) is 24.3 Å². The highest BCUT2D eigenvalue weighted by atomic mass is 16.5. The third-order valence-electron chi connectivity index (χ3n) is 4.54. The molecule has 0 fully saturated rings. The molecule has 0 aliphatic carbocycles. The number of benzene rings is 2. The summed E-state index contributed by atoms with van der Waals surface area (Å²) in [6, 6.07) is 6.20. The van der Waals surface area contributed by atoms with Crippen LogP contribution in [0.1, 0.15) is 11.1 Å². The Morgan fingerprint density at radius 1 is 0.613 bits per heavy atom. The summed E-state index contributed by atoms with van der Waals surface area (Å²) in [7, 11) is 9.82. The van der Waals surface area contributed by atoms with Crippen molar-refractivity contribution < 1.29 is 43.1 Å². The second-order valence-corrected chi connectivity index (χ2v) is 6.03. The van der Waals surface area contributed by atoms with Gasteiger partial charge in [-0.1, -0.05) is 0 Å². The third kappa shape index (κ3) is 4.55. The number of carbonyl (C=O) groups is 1. The largest absolute Gasteiger partial charge is 0.506 e. The molecular weight excluding hydrogens is 408 g/mol. The van der Waals surface area contributed by atoms with Crippen molar-refractivity contribution in [1.29, 1.82) is 0 Å². The van der Waals surface area contributed by atoms with Gasteiger partial charge in [0.25, 0.3) is 0 Å². The molecule has 2 aromatic rings. The van der Waals surface area contributed by atoms with Gasteiger partial charge in [0.1, 0.15) is 51.4 Å². The number of hydrogen-bond donors (Lipinski definition) is 1. The average Bonchev–Trinajstić information content (AvgIpc) is 2.82. The summed E-state index contributed by atoms with van der Waals surface area (Å²) >= 11 is 0. The molecule has 0 radical (unpaired) electrons. The molecule has 168 valence electrons. The van der Waals surface area contributed by atoms with Crippen molar-refractivity contribution in [2.45, 2.75) is 0 Å². The van der Waals surface area contributed by atoms with E-state index in [1.807, 2.05) is 0 Å². The minimum atomic E-state index is -0.834. The summed E-state index contributed by atoms with van der Waals surface area (Å²) in [5.74, 6) is 0.418. The first-order valence-electron chi connectivity index (χ1n) is 9.02. The molecule has 1 N–H and O–H groups in total. The molecule has 9 heteroatoms. The van der Waals surface area contributed by atoms with Gasteiger partial charge in [-0.2, -0.15) is 0 Å². The van der Waals surface area contributed by atoms with Crippen LogP contribution in [0.2, 0.25) is 0 Å². The molecule has 2 rings (SSSR count). The highest BCUT2D eigenvalue weighted by Gasteiger charge is 2.30. The zero-order valence-electron chi connectivity index (χ0n) is 18.5. The quantitative estimate of drug-likeness (QED) is 0.275. The van der Waals surface area contributed by atoms with E-state index in [0.717, 1.165) is 0 Å². The van der Waals surface area contributed by atoms with Crippen LogP contribution >= 0.6 is 0 Å². The second kappa shape index (κ2) is 10.3. The number of aliphatic hydroxyl groups is 1. The lowest BCUT2D eigenvalue weighted by atomic mass is 9.97. The maximum atomic E-state index is 12.9. The van der Waals surface area contributed by atoms with Crippen molar-refractivity contribution in [3.05, 3.63) is 35.4 Å². The average molecular weight is 434 g/mol. The lowest BCUT2D eigenvalue weighted by Crippen LogP contribution is -2.11. The van der Waals surface area contributed by atoms with E-state index in [-0.39, 0.29) is 39.7 Å². The van der Waals surface area contributed by atoms with E-state index in [1.54, 1.807) is 24.3 Å². The Labute approximate surface area is 180 Å². The van der Waals surface area contributed by atoms with Crippen LogP contribution in [0.5, 0.6) is 34.5 Å². The Balaban J connectivity index is 2.99. The van der Waals surface area contributed by atoms with Gasteiger partial charge in [0.15, 0.2) is 0 Å². The van der Waals surface area contributed by atoms with Gasteiger partial charge in [0.05, 0.1) is 55.3 Å². The van der Waals surface area contributed by atoms with E-state index in [4.69, 9.17) is 33.2 Å². The van der Waals surface area contributed by atoms with E-state index in [2.05, 4.69) is 0 Å². The molecule has 0 unspecified atom stereocenters. The van der Waals surface area contributed by atoms with Crippen molar-refractivity contribution >= 4 is 17.3 Å². The normalized spacial score (nSPS) is 11.2. The second-order valence-electron chi connectivity index (χ2n) is 6.03. The summed E-state index contributed by atoms with van der Waals surface area (Å²) in [6.07, 6.45) is 0. The van der Waals surface area contributed by atoms with Crippen LogP contribution in [0, 0.1) is 0 Å². The van der Waals surface area contributed by atoms with Crippen LogP contribution in [0.3, 0.4) is 0 Å². The molecule has 0 amide bonds. The molecule has 0 saturated carbocycles. The Morgan fingerprint density at radius 3 is 1.26 bits per heavy atom. The number of carbonyl (C=O) groups excluding carboxylic acids is 1. The lowest BCUT2D eigenvalue weighted by Gasteiger charge is -2.20. The predicted molar refractivity (Wildman–Crippen MR) is 114 cm³/mol. The van der Waals surface area contributed by atoms with Gasteiger partial charge in [-0.15, -0.1) is 0 Å². The predicted octanol–water partition coefficient (Wildman–Crippen LogP) is 3.34. The number of esters is 1. The fraction of sp³-hybridized carbons (Fsp3) is 0.318. The molecule has 0 bridgehead atoms. The van der Waals surface area contributed by atoms with E-state index in [9.17, 15) is 9.90 Å². The van der Waals surface area contributed by atoms with Gasteiger partial charge in [0.2, 0.25) is 0 Å². The standard InChI is InChI=1S/C22H26O9/c1-25-12-8-14(27-3)18(15(9-12)28-4)20(22(24)31-7)21(23)19-16(29-5)10-13(26-2)11-17(19)30-6/h8-11,23H,1-7H3/b21-20-. The number of ether oxygens (including phenoxy) is 7. The highest BCUT2D eigenvalue weighted by Crippen LogP contribution is 2.45. The minimum absolute atomic E-state index is 0.117. The first kappa shape index (κ1) is 23.5. The summed E-state index contributed by atoms with van der Waals surface area (Å²) in [5, 5.41) is 11.3. The molecule has 31 heavy (non-hydrogen) atoms. The molecule has 0 saturated heterocycles. The van der Waals surface area contributed by atoms with Crippen LogP contribution < -0.4 is 28.4 Å². The van der Waals surface area contributed by atoms with Crippen LogP contribution in [-0.4, -0.2) is 60.8 Å². The topological polar surface area (TPSA) is 102 Å². The molecule has 0 aliphatic heterocycles. The molecule has 2 aromatic carbocycles. The molecule has 9 nitrogen and oxygen atoms in total. The lowest BCUT2D eigenvalue weighted by molar-refractivity contribution is -0.133. The smallest absolute Gasteiger partial charge is 0.342 e. The Morgan fingerprint density at radius 2 is 0.968 bits per heavy atom. The monoisotopic (exact) mass is 434 g/mol. The fourth-order valence-electron chi connectivity index (χ4n) is 3.04. The molecular formula is C22H26O9. The van der Waals surface area contributed by atoms with Crippen LogP contribution in [0.15, 0.2) is 24.3 Å². The Hall–Kier alpha value is -3.75.